The minimum absolute atomic E-state index is 0.131. The summed E-state index contributed by atoms with van der Waals surface area (Å²) in [4.78, 5) is 67.6. The Kier molecular flexibility index (Phi) is 18.9. The van der Waals surface area contributed by atoms with E-state index >= 15 is 0 Å². The minimum atomic E-state index is -0.518. The number of ether oxygens (including phenoxy) is 4. The van der Waals surface area contributed by atoms with Crippen LogP contribution in [-0.2, 0) is 28.5 Å². The average Bonchev–Trinajstić information content (AvgIpc) is 3.98. The number of furan rings is 2. The van der Waals surface area contributed by atoms with Crippen molar-refractivity contribution in [2.45, 2.75) is 130 Å². The number of amides is 2. The zero-order valence-corrected chi connectivity index (χ0v) is 42.8. The predicted octanol–water partition coefficient (Wildman–Crippen LogP) is 8.69. The maximum atomic E-state index is 13.0. The summed E-state index contributed by atoms with van der Waals surface area (Å²) in [6, 6.07) is 7.35. The number of likely N-dealkylation sites (tertiary alicyclic amines) is 3. The molecule has 0 bridgehead atoms. The normalized spacial score (nSPS) is 19.0. The van der Waals surface area contributed by atoms with Crippen molar-refractivity contribution in [3.8, 4) is 0 Å². The Balaban J connectivity index is 0.000000222. The molecule has 17 heteroatoms. The van der Waals surface area contributed by atoms with Crippen LogP contribution in [0.25, 0.3) is 27.8 Å². The first-order valence-corrected chi connectivity index (χ1v) is 25.1. The van der Waals surface area contributed by atoms with Gasteiger partial charge in [0.2, 0.25) is 11.4 Å². The summed E-state index contributed by atoms with van der Waals surface area (Å²) in [5.74, 6) is 0.362. The number of hydrogen-bond donors (Lipinski definition) is 1. The molecule has 2 unspecified atom stereocenters. The van der Waals surface area contributed by atoms with Crippen molar-refractivity contribution in [2.75, 3.05) is 72.7 Å². The Morgan fingerprint density at radius 1 is 0.657 bits per heavy atom. The molecule has 4 aromatic heterocycles. The van der Waals surface area contributed by atoms with Gasteiger partial charge < -0.3 is 42.7 Å². The van der Waals surface area contributed by atoms with Crippen molar-refractivity contribution in [3.05, 3.63) is 66.4 Å². The molecule has 3 fully saturated rings. The van der Waals surface area contributed by atoms with Crippen LogP contribution in [0.15, 0.2) is 64.1 Å². The lowest BCUT2D eigenvalue weighted by Gasteiger charge is -2.42. The lowest BCUT2D eigenvalue weighted by atomic mass is 9.84. The van der Waals surface area contributed by atoms with E-state index in [0.717, 1.165) is 88.0 Å². The lowest BCUT2D eigenvalue weighted by molar-refractivity contribution is -0.154. The molecule has 2 amide bonds. The zero-order valence-electron chi connectivity index (χ0n) is 42.8. The third kappa shape index (κ3) is 13.9. The van der Waals surface area contributed by atoms with Crippen molar-refractivity contribution in [1.82, 2.24) is 29.6 Å². The third-order valence-electron chi connectivity index (χ3n) is 13.4. The summed E-state index contributed by atoms with van der Waals surface area (Å²) in [6.07, 6.45) is 14.4. The van der Waals surface area contributed by atoms with E-state index in [0.29, 0.717) is 63.3 Å². The number of nitrogens with zero attached hydrogens (tertiary/aromatic N) is 6. The Labute approximate surface area is 412 Å². The summed E-state index contributed by atoms with van der Waals surface area (Å²) in [6.45, 7) is 21.1. The molecule has 2 atom stereocenters. The molecule has 8 rings (SSSR count). The van der Waals surface area contributed by atoms with Crippen LogP contribution in [0.2, 0.25) is 0 Å². The molecule has 0 spiro atoms. The van der Waals surface area contributed by atoms with Gasteiger partial charge in [-0.2, -0.15) is 0 Å². The number of carbonyl (C=O) groups excluding carboxylic acids is 4. The molecule has 3 saturated heterocycles. The van der Waals surface area contributed by atoms with Gasteiger partial charge in [-0.25, -0.2) is 19.6 Å². The van der Waals surface area contributed by atoms with Crippen molar-refractivity contribution in [3.63, 3.8) is 0 Å². The molecule has 4 aliphatic rings. The first-order chi connectivity index (χ1) is 33.5. The molecule has 0 saturated carbocycles. The van der Waals surface area contributed by atoms with Crippen LogP contribution < -0.4 is 0 Å². The summed E-state index contributed by atoms with van der Waals surface area (Å²) >= 11 is 0. The number of fused-ring (bicyclic) bond motifs is 2. The van der Waals surface area contributed by atoms with Crippen molar-refractivity contribution < 1.29 is 52.1 Å². The number of pyridine rings is 2. The van der Waals surface area contributed by atoms with E-state index in [4.69, 9.17) is 32.9 Å². The van der Waals surface area contributed by atoms with Gasteiger partial charge in [-0.3, -0.25) is 19.4 Å². The van der Waals surface area contributed by atoms with Crippen molar-refractivity contribution in [1.29, 1.82) is 0 Å². The number of aliphatic hydroxyl groups excluding tert-OH is 1. The van der Waals surface area contributed by atoms with E-state index in [9.17, 15) is 19.2 Å². The summed E-state index contributed by atoms with van der Waals surface area (Å²) in [5, 5.41) is 9.09. The highest BCUT2D eigenvalue weighted by molar-refractivity contribution is 5.89. The summed E-state index contributed by atoms with van der Waals surface area (Å²) < 4.78 is 33.3. The van der Waals surface area contributed by atoms with Gasteiger partial charge in [0.1, 0.15) is 29.5 Å². The Bertz CT molecular complexity index is 2360. The van der Waals surface area contributed by atoms with E-state index < -0.39 is 11.2 Å². The van der Waals surface area contributed by atoms with Gasteiger partial charge in [0.05, 0.1) is 19.5 Å². The number of carbonyl (C=O) groups is 4. The van der Waals surface area contributed by atoms with E-state index in [-0.39, 0.29) is 48.0 Å². The van der Waals surface area contributed by atoms with Crippen LogP contribution in [0.1, 0.15) is 117 Å². The van der Waals surface area contributed by atoms with Crippen LogP contribution in [0.3, 0.4) is 0 Å². The maximum Gasteiger partial charge on any atom is 0.410 e. The first kappa shape index (κ1) is 53.8. The molecular weight excluding hydrogens is 897 g/mol. The maximum absolute atomic E-state index is 13.0. The van der Waals surface area contributed by atoms with Crippen molar-refractivity contribution in [2.24, 2.45) is 11.8 Å². The van der Waals surface area contributed by atoms with Crippen LogP contribution in [0.5, 0.6) is 0 Å². The van der Waals surface area contributed by atoms with E-state index in [1.165, 1.54) is 11.1 Å². The van der Waals surface area contributed by atoms with Crippen LogP contribution in [0, 0.1) is 11.8 Å². The molecule has 384 valence electrons. The summed E-state index contributed by atoms with van der Waals surface area (Å²) in [7, 11) is 1.00. The first-order valence-electron chi connectivity index (χ1n) is 25.1. The molecule has 0 aliphatic carbocycles. The van der Waals surface area contributed by atoms with E-state index in [1.807, 2.05) is 79.9 Å². The zero-order chi connectivity index (χ0) is 50.6. The van der Waals surface area contributed by atoms with Gasteiger partial charge in [0, 0.05) is 80.7 Å². The number of esters is 2. The van der Waals surface area contributed by atoms with Crippen LogP contribution in [0.4, 0.5) is 9.59 Å². The van der Waals surface area contributed by atoms with Crippen LogP contribution >= 0.6 is 0 Å². The molecule has 4 aromatic rings. The molecular formula is C53H76N6O11. The largest absolute Gasteiger partial charge is 0.465 e. The Morgan fingerprint density at radius 3 is 1.60 bits per heavy atom. The number of piperidine rings is 3. The predicted molar refractivity (Wildman–Crippen MR) is 266 cm³/mol. The molecule has 8 heterocycles. The SMILES string of the molecule is CCOC(=O)C(C1CCN(C(=O)OC(C)(C)C)CC1)N1CC=C(c2coc3ncccc23)CC1.CCOC(=O)C(C1CCN(C(=O)OC(C)(C)C)CC1)N1CCC(c2coc3ncccc23)CC1.CO. The van der Waals surface area contributed by atoms with E-state index in [1.54, 1.807) is 28.5 Å². The summed E-state index contributed by atoms with van der Waals surface area (Å²) in [5.41, 5.74) is 3.79. The number of aliphatic hydroxyl groups is 1. The highest BCUT2D eigenvalue weighted by Gasteiger charge is 2.41. The van der Waals surface area contributed by atoms with Gasteiger partial charge in [-0.05, 0) is 161 Å². The monoisotopic (exact) mass is 973 g/mol. The van der Waals surface area contributed by atoms with Gasteiger partial charge in [0.25, 0.3) is 0 Å². The second-order valence-corrected chi connectivity index (χ2v) is 20.3. The average molecular weight is 973 g/mol. The topological polar surface area (TPSA) is 190 Å². The number of aromatic nitrogens is 2. The van der Waals surface area contributed by atoms with E-state index in [2.05, 4.69) is 31.9 Å². The molecule has 17 nitrogen and oxygen atoms in total. The smallest absolute Gasteiger partial charge is 0.410 e. The van der Waals surface area contributed by atoms with Crippen LogP contribution in [-0.4, -0.2) is 155 Å². The highest BCUT2D eigenvalue weighted by atomic mass is 16.6. The molecule has 70 heavy (non-hydrogen) atoms. The fraction of sp³-hybridized carbons (Fsp3) is 0.623. The number of rotatable bonds is 10. The number of hydrogen-bond acceptors (Lipinski definition) is 15. The third-order valence-corrected chi connectivity index (χ3v) is 13.4. The van der Waals surface area contributed by atoms with Gasteiger partial charge in [-0.15, -0.1) is 0 Å². The fourth-order valence-electron chi connectivity index (χ4n) is 10.2. The fourth-order valence-corrected chi connectivity index (χ4v) is 10.2. The quantitative estimate of drug-likeness (QED) is 0.117. The molecule has 4 aliphatic heterocycles. The minimum Gasteiger partial charge on any atom is -0.465 e. The molecule has 0 aromatic carbocycles. The Morgan fingerprint density at radius 2 is 1.13 bits per heavy atom. The Hall–Kier alpha value is -5.52. The standard InChI is InChI=1S/C26H37N3O5.C26H35N3O5.CH4O/c2*1-5-32-24(30)22(19-10-15-29(16-11-19)25(31)34-26(2,3)4)28-13-8-18(9-14-28)21-17-33-23-20(21)7-6-12-27-23;1-2/h6-7,12,17-19,22H,5,8-11,13-16H2,1-4H3;6-8,12,17,19,22H,5,9-11,13-16H2,1-4H3;2H,1H3. The molecule has 1 N–H and O–H groups in total. The van der Waals surface area contributed by atoms with Gasteiger partial charge in [-0.1, -0.05) is 6.08 Å². The van der Waals surface area contributed by atoms with Crippen molar-refractivity contribution >= 4 is 51.9 Å². The lowest BCUT2D eigenvalue weighted by Crippen LogP contribution is -2.53. The second kappa shape index (κ2) is 24.5. The second-order valence-electron chi connectivity index (χ2n) is 20.3. The molecule has 0 radical (unpaired) electrons. The van der Waals surface area contributed by atoms with Gasteiger partial charge >= 0.3 is 24.1 Å². The highest BCUT2D eigenvalue weighted by Crippen LogP contribution is 2.37. The van der Waals surface area contributed by atoms with Gasteiger partial charge in [0.15, 0.2) is 0 Å².